The van der Waals surface area contributed by atoms with Gasteiger partial charge in [0.05, 0.1) is 5.39 Å². The molecule has 0 radical (unpaired) electrons. The zero-order valence-electron chi connectivity index (χ0n) is 20.5. The Labute approximate surface area is 195 Å². The fourth-order valence-electron chi connectivity index (χ4n) is 4.77. The summed E-state index contributed by atoms with van der Waals surface area (Å²) in [7, 11) is 0. The normalized spacial score (nSPS) is 17.8. The lowest BCUT2D eigenvalue weighted by Gasteiger charge is -2.38. The molecule has 1 aliphatic heterocycles. The number of fused-ring (bicyclic) bond motifs is 2. The molecule has 2 heterocycles. The third kappa shape index (κ3) is 4.46. The molecule has 2 aromatic carbocycles. The summed E-state index contributed by atoms with van der Waals surface area (Å²) in [4.78, 5) is 13.0. The number of ether oxygens (including phenoxy) is 2. The summed E-state index contributed by atoms with van der Waals surface area (Å²) in [5.74, 6) is 2.54. The van der Waals surface area contributed by atoms with Crippen molar-refractivity contribution in [2.24, 2.45) is 5.92 Å². The van der Waals surface area contributed by atoms with E-state index in [1.165, 1.54) is 24.8 Å². The molecule has 5 nitrogen and oxygen atoms in total. The highest BCUT2D eigenvalue weighted by Crippen LogP contribution is 2.45. The maximum absolute atomic E-state index is 13.0. The van der Waals surface area contributed by atoms with E-state index in [4.69, 9.17) is 13.9 Å². The summed E-state index contributed by atoms with van der Waals surface area (Å²) in [6.45, 7) is 12.9. The van der Waals surface area contributed by atoms with E-state index in [2.05, 4.69) is 27.7 Å². The molecule has 1 aromatic heterocycles. The first-order valence-corrected chi connectivity index (χ1v) is 11.8. The number of rotatable bonds is 6. The van der Waals surface area contributed by atoms with E-state index in [0.29, 0.717) is 22.6 Å². The van der Waals surface area contributed by atoms with Gasteiger partial charge in [-0.2, -0.15) is 0 Å². The second-order valence-corrected chi connectivity index (χ2v) is 10.1. The summed E-state index contributed by atoms with van der Waals surface area (Å²) < 4.78 is 18.4. The smallest absolute Gasteiger partial charge is 0.235 e. The van der Waals surface area contributed by atoms with Crippen molar-refractivity contribution in [3.63, 3.8) is 0 Å². The van der Waals surface area contributed by atoms with Crippen LogP contribution in [0.2, 0.25) is 0 Å². The number of hydrogen-bond donors (Lipinski definition) is 1. The molecule has 0 fully saturated rings. The van der Waals surface area contributed by atoms with Gasteiger partial charge in [0, 0.05) is 11.6 Å². The van der Waals surface area contributed by atoms with Gasteiger partial charge in [0.15, 0.2) is 0 Å². The molecule has 1 N–H and O–H groups in total. The Morgan fingerprint density at radius 1 is 1.15 bits per heavy atom. The molecule has 4 rings (SSSR count). The minimum atomic E-state index is -0.264. The van der Waals surface area contributed by atoms with Gasteiger partial charge in [-0.1, -0.05) is 20.3 Å². The number of phenolic OH excluding ortho intramolecular Hbond substituents is 1. The highest BCUT2D eigenvalue weighted by Gasteiger charge is 2.34. The van der Waals surface area contributed by atoms with Gasteiger partial charge < -0.3 is 19.0 Å². The molecule has 0 unspecified atom stereocenters. The molecular formula is C28H34O5. The third-order valence-electron chi connectivity index (χ3n) is 6.99. The summed E-state index contributed by atoms with van der Waals surface area (Å²) in [5.41, 5.74) is 4.08. The van der Waals surface area contributed by atoms with Gasteiger partial charge in [-0.15, -0.1) is 0 Å². The van der Waals surface area contributed by atoms with Crippen LogP contribution in [0, 0.1) is 26.7 Å². The fraction of sp³-hybridized carbons (Fsp3) is 0.464. The van der Waals surface area contributed by atoms with Crippen LogP contribution in [0.5, 0.6) is 23.0 Å². The van der Waals surface area contributed by atoms with E-state index in [-0.39, 0.29) is 22.5 Å². The van der Waals surface area contributed by atoms with Crippen molar-refractivity contribution < 1.29 is 19.0 Å². The van der Waals surface area contributed by atoms with Gasteiger partial charge in [-0.05, 0) is 88.1 Å². The van der Waals surface area contributed by atoms with Crippen LogP contribution in [0.15, 0.2) is 33.7 Å². The van der Waals surface area contributed by atoms with Crippen LogP contribution in [-0.2, 0) is 6.42 Å². The lowest BCUT2D eigenvalue weighted by molar-refractivity contribution is 0.0515. The van der Waals surface area contributed by atoms with E-state index >= 15 is 0 Å². The van der Waals surface area contributed by atoms with E-state index in [1.807, 2.05) is 13.8 Å². The minimum absolute atomic E-state index is 0.0486. The van der Waals surface area contributed by atoms with Crippen LogP contribution < -0.4 is 14.9 Å². The predicted octanol–water partition coefficient (Wildman–Crippen LogP) is 7.13. The van der Waals surface area contributed by atoms with Crippen molar-refractivity contribution in [3.05, 3.63) is 56.9 Å². The van der Waals surface area contributed by atoms with Gasteiger partial charge in [0.1, 0.15) is 34.7 Å². The maximum atomic E-state index is 13.0. The van der Waals surface area contributed by atoms with Crippen molar-refractivity contribution in [1.29, 1.82) is 0 Å². The Bertz CT molecular complexity index is 1250. The Morgan fingerprint density at radius 3 is 2.64 bits per heavy atom. The molecule has 1 aliphatic rings. The monoisotopic (exact) mass is 450 g/mol. The van der Waals surface area contributed by atoms with Gasteiger partial charge in [-0.3, -0.25) is 4.79 Å². The van der Waals surface area contributed by atoms with Crippen molar-refractivity contribution in [2.75, 3.05) is 0 Å². The largest absolute Gasteiger partial charge is 0.508 e. The van der Waals surface area contributed by atoms with Crippen LogP contribution in [0.25, 0.3) is 11.0 Å². The fourth-order valence-corrected chi connectivity index (χ4v) is 4.77. The maximum Gasteiger partial charge on any atom is 0.235 e. The molecule has 0 bridgehead atoms. The highest BCUT2D eigenvalue weighted by atomic mass is 16.5. The highest BCUT2D eigenvalue weighted by molar-refractivity contribution is 5.79. The zero-order valence-corrected chi connectivity index (χ0v) is 20.5. The molecule has 1 atom stereocenters. The molecule has 3 aromatic rings. The second-order valence-electron chi connectivity index (χ2n) is 10.1. The SMILES string of the molecule is Cc1c(C)c2c(c(C)c1Oc1coc3cc(O)ccc3c1=O)CC[C@@](C)(CCCC(C)C)O2. The summed E-state index contributed by atoms with van der Waals surface area (Å²) >= 11 is 0. The third-order valence-corrected chi connectivity index (χ3v) is 6.99. The predicted molar refractivity (Wildman–Crippen MR) is 131 cm³/mol. The first-order chi connectivity index (χ1) is 15.6. The summed E-state index contributed by atoms with van der Waals surface area (Å²) in [6, 6.07) is 4.45. The van der Waals surface area contributed by atoms with Crippen molar-refractivity contribution in [3.8, 4) is 23.0 Å². The minimum Gasteiger partial charge on any atom is -0.508 e. The lowest BCUT2D eigenvalue weighted by atomic mass is 9.84. The molecule has 0 saturated carbocycles. The first kappa shape index (κ1) is 23.2. The Kier molecular flexibility index (Phi) is 6.17. The standard InChI is InChI=1S/C28H34O5/c1-16(2)8-7-12-28(6)13-11-21-19(5)26(17(3)18(4)27(21)33-28)32-24-15-31-23-14-20(29)9-10-22(23)25(24)30/h9-10,14-16,29H,7-8,11-13H2,1-6H3/t28-/m1/s1. The van der Waals surface area contributed by atoms with Crippen molar-refractivity contribution in [1.82, 2.24) is 0 Å². The second kappa shape index (κ2) is 8.77. The van der Waals surface area contributed by atoms with E-state index in [1.54, 1.807) is 6.07 Å². The van der Waals surface area contributed by atoms with Crippen molar-refractivity contribution >= 4 is 11.0 Å². The van der Waals surface area contributed by atoms with Crippen molar-refractivity contribution in [2.45, 2.75) is 79.2 Å². The van der Waals surface area contributed by atoms with Gasteiger partial charge in [0.2, 0.25) is 11.2 Å². The zero-order chi connectivity index (χ0) is 23.9. The first-order valence-electron chi connectivity index (χ1n) is 11.8. The number of hydrogen-bond acceptors (Lipinski definition) is 5. The average Bonchev–Trinajstić information content (AvgIpc) is 2.76. The van der Waals surface area contributed by atoms with Crippen LogP contribution in [0.3, 0.4) is 0 Å². The topological polar surface area (TPSA) is 68.9 Å². The molecule has 0 amide bonds. The lowest BCUT2D eigenvalue weighted by Crippen LogP contribution is -2.37. The molecule has 33 heavy (non-hydrogen) atoms. The quantitative estimate of drug-likeness (QED) is 0.433. The number of phenols is 1. The van der Waals surface area contributed by atoms with E-state index < -0.39 is 0 Å². The summed E-state index contributed by atoms with van der Waals surface area (Å²) in [6.07, 6.45) is 6.62. The summed E-state index contributed by atoms with van der Waals surface area (Å²) in [5, 5.41) is 10.0. The molecule has 176 valence electrons. The molecule has 0 spiro atoms. The van der Waals surface area contributed by atoms with Crippen LogP contribution in [-0.4, -0.2) is 10.7 Å². The Hall–Kier alpha value is -2.95. The van der Waals surface area contributed by atoms with Gasteiger partial charge in [-0.25, -0.2) is 0 Å². The van der Waals surface area contributed by atoms with E-state index in [0.717, 1.165) is 53.7 Å². The molecule has 5 heteroatoms. The average molecular weight is 451 g/mol. The van der Waals surface area contributed by atoms with Gasteiger partial charge in [0.25, 0.3) is 0 Å². The van der Waals surface area contributed by atoms with Gasteiger partial charge >= 0.3 is 0 Å². The number of aromatic hydroxyl groups is 1. The van der Waals surface area contributed by atoms with E-state index in [9.17, 15) is 9.90 Å². The van der Waals surface area contributed by atoms with Crippen LogP contribution in [0.4, 0.5) is 0 Å². The Balaban J connectivity index is 1.67. The number of benzene rings is 2. The molecule has 0 saturated heterocycles. The molecule has 0 aliphatic carbocycles. The van der Waals surface area contributed by atoms with Crippen LogP contribution in [0.1, 0.15) is 68.7 Å². The molecular weight excluding hydrogens is 416 g/mol. The Morgan fingerprint density at radius 2 is 1.91 bits per heavy atom. The van der Waals surface area contributed by atoms with Crippen LogP contribution >= 0.6 is 0 Å².